The fourth-order valence-electron chi connectivity index (χ4n) is 3.34. The lowest BCUT2D eigenvalue weighted by molar-refractivity contribution is -0.133. The average molecular weight is 400 g/mol. The van der Waals surface area contributed by atoms with E-state index in [9.17, 15) is 14.0 Å². The van der Waals surface area contributed by atoms with Crippen molar-refractivity contribution in [2.75, 3.05) is 13.1 Å². The van der Waals surface area contributed by atoms with E-state index in [1.54, 1.807) is 17.0 Å². The third-order valence-corrected chi connectivity index (χ3v) is 5.97. The van der Waals surface area contributed by atoms with E-state index in [1.807, 2.05) is 13.8 Å². The van der Waals surface area contributed by atoms with E-state index in [1.165, 1.54) is 28.0 Å². The number of hydrogen-bond acceptors (Lipinski definition) is 4. The number of carbonyl (C=O) groups is 1. The van der Waals surface area contributed by atoms with Crippen molar-refractivity contribution in [3.8, 4) is 0 Å². The van der Waals surface area contributed by atoms with Crippen LogP contribution in [0.3, 0.4) is 0 Å². The minimum atomic E-state index is -0.267. The molecule has 1 aliphatic heterocycles. The summed E-state index contributed by atoms with van der Waals surface area (Å²) in [5.41, 5.74) is 8.12. The Balaban J connectivity index is 0.00000243. The van der Waals surface area contributed by atoms with E-state index < -0.39 is 0 Å². The molecule has 0 spiro atoms. The third-order valence-electron chi connectivity index (χ3n) is 4.98. The highest BCUT2D eigenvalue weighted by Gasteiger charge is 2.30. The Labute approximate surface area is 162 Å². The van der Waals surface area contributed by atoms with Crippen LogP contribution >= 0.6 is 23.7 Å². The first-order valence-electron chi connectivity index (χ1n) is 8.32. The molecule has 1 aromatic carbocycles. The van der Waals surface area contributed by atoms with Gasteiger partial charge < -0.3 is 10.6 Å². The number of halogens is 2. The van der Waals surface area contributed by atoms with Crippen LogP contribution in [0.15, 0.2) is 29.1 Å². The first kappa shape index (κ1) is 20.6. The third kappa shape index (κ3) is 4.16. The van der Waals surface area contributed by atoms with Crippen LogP contribution in [0.1, 0.15) is 28.5 Å². The average Bonchev–Trinajstić information content (AvgIpc) is 2.82. The van der Waals surface area contributed by atoms with E-state index >= 15 is 0 Å². The molecule has 1 fully saturated rings. The van der Waals surface area contributed by atoms with Crippen LogP contribution in [0.25, 0.3) is 0 Å². The fraction of sp³-hybridized carbons (Fsp3) is 0.444. The Bertz CT molecular complexity index is 834. The zero-order valence-electron chi connectivity index (χ0n) is 14.8. The molecule has 0 aliphatic carbocycles. The number of hydrogen-bond donors (Lipinski definition) is 1. The molecule has 2 aromatic rings. The maximum Gasteiger partial charge on any atom is 0.308 e. The van der Waals surface area contributed by atoms with Gasteiger partial charge in [-0.05, 0) is 38.0 Å². The predicted molar refractivity (Wildman–Crippen MR) is 104 cm³/mol. The van der Waals surface area contributed by atoms with Crippen LogP contribution < -0.4 is 10.6 Å². The lowest BCUT2D eigenvalue weighted by Crippen LogP contribution is -2.50. The fourth-order valence-corrected chi connectivity index (χ4v) is 4.17. The van der Waals surface area contributed by atoms with Gasteiger partial charge >= 0.3 is 4.87 Å². The molecule has 142 valence electrons. The molecule has 3 rings (SSSR count). The Hall–Kier alpha value is -1.70. The number of aryl methyl sites for hydroxylation is 1. The first-order valence-corrected chi connectivity index (χ1v) is 9.14. The molecule has 8 heteroatoms. The largest absolute Gasteiger partial charge is 0.340 e. The minimum Gasteiger partial charge on any atom is -0.340 e. The van der Waals surface area contributed by atoms with Gasteiger partial charge in [0.1, 0.15) is 12.4 Å². The summed E-state index contributed by atoms with van der Waals surface area (Å²) in [6.45, 7) is 4.83. The van der Waals surface area contributed by atoms with E-state index in [2.05, 4.69) is 0 Å². The van der Waals surface area contributed by atoms with Gasteiger partial charge in [0.15, 0.2) is 0 Å². The number of piperidine rings is 1. The monoisotopic (exact) mass is 399 g/mol. The standard InChI is InChI=1S/C18H22FN3O2S.ClH/c1-11-12(2)25-18(24)22(11)10-17(23)21-8-7-15(16(20)9-21)13-3-5-14(19)6-4-13;/h3-6,15-16H,7-10,20H2,1-2H3;1H/t15-,16+;/m1./s1. The molecule has 2 N–H and O–H groups in total. The summed E-state index contributed by atoms with van der Waals surface area (Å²) in [7, 11) is 0. The Morgan fingerprint density at radius 2 is 1.96 bits per heavy atom. The van der Waals surface area contributed by atoms with Crippen LogP contribution in [0.4, 0.5) is 4.39 Å². The molecule has 26 heavy (non-hydrogen) atoms. The summed E-state index contributed by atoms with van der Waals surface area (Å²) in [5.74, 6) is -0.245. The van der Waals surface area contributed by atoms with Crippen molar-refractivity contribution in [3.05, 3.63) is 55.9 Å². The molecular formula is C18H23ClFN3O2S. The van der Waals surface area contributed by atoms with Gasteiger partial charge in [-0.15, -0.1) is 12.4 Å². The van der Waals surface area contributed by atoms with Crippen LogP contribution in [0.2, 0.25) is 0 Å². The molecule has 0 bridgehead atoms. The second-order valence-electron chi connectivity index (χ2n) is 6.55. The maximum absolute atomic E-state index is 13.1. The van der Waals surface area contributed by atoms with E-state index in [0.29, 0.717) is 13.1 Å². The summed E-state index contributed by atoms with van der Waals surface area (Å²) in [4.78, 5) is 27.1. The minimum absolute atomic E-state index is 0. The SMILES string of the molecule is Cc1sc(=O)n(CC(=O)N2CC[C@H](c3ccc(F)cc3)[C@@H](N)C2)c1C.Cl. The number of carbonyl (C=O) groups excluding carboxylic acids is 1. The van der Waals surface area contributed by atoms with Crippen molar-refractivity contribution in [3.63, 3.8) is 0 Å². The highest BCUT2D eigenvalue weighted by Crippen LogP contribution is 2.27. The highest BCUT2D eigenvalue weighted by molar-refractivity contribution is 7.09. The molecule has 0 radical (unpaired) electrons. The van der Waals surface area contributed by atoms with Gasteiger partial charge in [0.25, 0.3) is 0 Å². The van der Waals surface area contributed by atoms with Crippen LogP contribution in [-0.2, 0) is 11.3 Å². The number of benzene rings is 1. The Morgan fingerprint density at radius 1 is 1.31 bits per heavy atom. The van der Waals surface area contributed by atoms with E-state index in [-0.39, 0.29) is 47.5 Å². The molecule has 0 unspecified atom stereocenters. The number of nitrogens with zero attached hydrogens (tertiary/aromatic N) is 2. The van der Waals surface area contributed by atoms with Gasteiger partial charge in [0.2, 0.25) is 5.91 Å². The molecule has 2 heterocycles. The lowest BCUT2D eigenvalue weighted by atomic mass is 9.86. The van der Waals surface area contributed by atoms with Gasteiger partial charge in [0.05, 0.1) is 0 Å². The maximum atomic E-state index is 13.1. The smallest absolute Gasteiger partial charge is 0.308 e. The highest BCUT2D eigenvalue weighted by atomic mass is 35.5. The molecule has 2 atom stereocenters. The summed E-state index contributed by atoms with van der Waals surface area (Å²) in [6.07, 6.45) is 0.731. The van der Waals surface area contributed by atoms with Crippen molar-refractivity contribution < 1.29 is 9.18 Å². The molecule has 1 saturated heterocycles. The van der Waals surface area contributed by atoms with Crippen LogP contribution in [0.5, 0.6) is 0 Å². The van der Waals surface area contributed by atoms with Gasteiger partial charge in [0, 0.05) is 35.6 Å². The zero-order valence-corrected chi connectivity index (χ0v) is 16.4. The number of thiazole rings is 1. The summed E-state index contributed by atoms with van der Waals surface area (Å²) in [5, 5.41) is 0. The molecule has 1 aromatic heterocycles. The summed E-state index contributed by atoms with van der Waals surface area (Å²) >= 11 is 1.17. The molecule has 5 nitrogen and oxygen atoms in total. The summed E-state index contributed by atoms with van der Waals surface area (Å²) in [6, 6.07) is 6.19. The number of amides is 1. The Kier molecular flexibility index (Phi) is 6.60. The van der Waals surface area contributed by atoms with Gasteiger partial charge in [-0.1, -0.05) is 23.5 Å². The number of likely N-dealkylation sites (tertiary alicyclic amines) is 1. The van der Waals surface area contributed by atoms with Crippen molar-refractivity contribution in [1.82, 2.24) is 9.47 Å². The van der Waals surface area contributed by atoms with E-state index in [0.717, 1.165) is 22.6 Å². The van der Waals surface area contributed by atoms with Crippen molar-refractivity contribution in [2.45, 2.75) is 38.8 Å². The normalized spacial score (nSPS) is 19.9. The van der Waals surface area contributed by atoms with E-state index in [4.69, 9.17) is 5.73 Å². The molecule has 1 amide bonds. The van der Waals surface area contributed by atoms with Crippen molar-refractivity contribution in [1.29, 1.82) is 0 Å². The Morgan fingerprint density at radius 3 is 2.50 bits per heavy atom. The van der Waals surface area contributed by atoms with Crippen molar-refractivity contribution in [2.24, 2.45) is 5.73 Å². The predicted octanol–water partition coefficient (Wildman–Crippen LogP) is 2.43. The molecular weight excluding hydrogens is 377 g/mol. The second kappa shape index (κ2) is 8.33. The van der Waals surface area contributed by atoms with Crippen LogP contribution in [0, 0.1) is 19.7 Å². The number of nitrogens with two attached hydrogens (primary N) is 1. The second-order valence-corrected chi connectivity index (χ2v) is 7.71. The quantitative estimate of drug-likeness (QED) is 0.861. The molecule has 1 aliphatic rings. The molecule has 0 saturated carbocycles. The lowest BCUT2D eigenvalue weighted by Gasteiger charge is -2.37. The zero-order chi connectivity index (χ0) is 18.1. The number of rotatable bonds is 3. The topological polar surface area (TPSA) is 68.3 Å². The number of aromatic nitrogens is 1. The first-order chi connectivity index (χ1) is 11.9. The van der Waals surface area contributed by atoms with Gasteiger partial charge in [-0.25, -0.2) is 4.39 Å². The van der Waals surface area contributed by atoms with Crippen LogP contribution in [-0.4, -0.2) is 34.5 Å². The van der Waals surface area contributed by atoms with Crippen molar-refractivity contribution >= 4 is 29.7 Å². The van der Waals surface area contributed by atoms with Gasteiger partial charge in [-0.2, -0.15) is 0 Å². The van der Waals surface area contributed by atoms with Gasteiger partial charge in [-0.3, -0.25) is 14.2 Å². The summed E-state index contributed by atoms with van der Waals surface area (Å²) < 4.78 is 14.6.